The third kappa shape index (κ3) is 3.05. The Labute approximate surface area is 120 Å². The first-order valence-electron chi connectivity index (χ1n) is 6.33. The first-order chi connectivity index (χ1) is 10.1. The van der Waals surface area contributed by atoms with Gasteiger partial charge in [0.1, 0.15) is 5.82 Å². The minimum atomic E-state index is -0.605. The van der Waals surface area contributed by atoms with E-state index in [0.717, 1.165) is 0 Å². The number of rotatable bonds is 5. The topological polar surface area (TPSA) is 63.4 Å². The average molecular weight is 288 g/mol. The van der Waals surface area contributed by atoms with Crippen LogP contribution in [0.1, 0.15) is 17.3 Å². The van der Waals surface area contributed by atoms with Gasteiger partial charge < -0.3 is 4.90 Å². The van der Waals surface area contributed by atoms with Crippen molar-refractivity contribution in [3.8, 4) is 0 Å². The average Bonchev–Trinajstić information content (AvgIpc) is 2.47. The maximum atomic E-state index is 13.3. The molecule has 0 atom stereocenters. The molecule has 0 radical (unpaired) electrons. The molecule has 0 unspecified atom stereocenters. The van der Waals surface area contributed by atoms with Crippen LogP contribution in [0.25, 0.3) is 0 Å². The second-order valence-electron chi connectivity index (χ2n) is 4.34. The standard InChI is InChI=1S/C15H13FN2O3/c1-2-17(13-5-3-4-12(16)9-13)14-6-7-15(18(20)21)11(8-14)10-19/h3-10H,2H2,1H3. The molecule has 2 rings (SSSR count). The van der Waals surface area contributed by atoms with E-state index in [1.54, 1.807) is 23.1 Å². The Bertz CT molecular complexity index is 688. The fourth-order valence-electron chi connectivity index (χ4n) is 2.13. The predicted molar refractivity (Wildman–Crippen MR) is 77.6 cm³/mol. The Hall–Kier alpha value is -2.76. The molecule has 0 aliphatic heterocycles. The third-order valence-electron chi connectivity index (χ3n) is 3.08. The monoisotopic (exact) mass is 288 g/mol. The van der Waals surface area contributed by atoms with Crippen LogP contribution in [-0.2, 0) is 0 Å². The van der Waals surface area contributed by atoms with E-state index in [2.05, 4.69) is 0 Å². The van der Waals surface area contributed by atoms with Gasteiger partial charge in [-0.15, -0.1) is 0 Å². The minimum Gasteiger partial charge on any atom is -0.342 e. The minimum absolute atomic E-state index is 0.00708. The van der Waals surface area contributed by atoms with Crippen molar-refractivity contribution < 1.29 is 14.1 Å². The van der Waals surface area contributed by atoms with Crippen LogP contribution >= 0.6 is 0 Å². The largest absolute Gasteiger partial charge is 0.342 e. The van der Waals surface area contributed by atoms with Crippen LogP contribution in [0, 0.1) is 15.9 Å². The number of hydrogen-bond acceptors (Lipinski definition) is 4. The molecule has 0 aromatic heterocycles. The number of nitrogens with zero attached hydrogens (tertiary/aromatic N) is 2. The van der Waals surface area contributed by atoms with Gasteiger partial charge in [0.25, 0.3) is 5.69 Å². The molecule has 0 aliphatic rings. The van der Waals surface area contributed by atoms with Crippen LogP contribution in [0.2, 0.25) is 0 Å². The fraction of sp³-hybridized carbons (Fsp3) is 0.133. The number of halogens is 1. The lowest BCUT2D eigenvalue weighted by Gasteiger charge is -2.23. The SMILES string of the molecule is CCN(c1cccc(F)c1)c1ccc([N+](=O)[O-])c(C=O)c1. The Morgan fingerprint density at radius 2 is 1.95 bits per heavy atom. The molecule has 2 aromatic carbocycles. The number of benzene rings is 2. The Balaban J connectivity index is 2.48. The molecule has 21 heavy (non-hydrogen) atoms. The van der Waals surface area contributed by atoms with Gasteiger partial charge in [-0.25, -0.2) is 4.39 Å². The van der Waals surface area contributed by atoms with Crippen molar-refractivity contribution in [1.29, 1.82) is 0 Å². The number of nitro benzene ring substituents is 1. The highest BCUT2D eigenvalue weighted by molar-refractivity contribution is 5.84. The Kier molecular flexibility index (Phi) is 4.27. The maximum absolute atomic E-state index is 13.3. The van der Waals surface area contributed by atoms with E-state index in [4.69, 9.17) is 0 Å². The van der Waals surface area contributed by atoms with Gasteiger partial charge in [-0.1, -0.05) is 6.07 Å². The lowest BCUT2D eigenvalue weighted by atomic mass is 10.1. The summed E-state index contributed by atoms with van der Waals surface area (Å²) in [4.78, 5) is 23.0. The van der Waals surface area contributed by atoms with E-state index in [1.807, 2.05) is 6.92 Å². The summed E-state index contributed by atoms with van der Waals surface area (Å²) in [5.41, 5.74) is 0.954. The summed E-state index contributed by atoms with van der Waals surface area (Å²) in [7, 11) is 0. The zero-order valence-corrected chi connectivity index (χ0v) is 11.3. The van der Waals surface area contributed by atoms with Crippen LogP contribution in [0.15, 0.2) is 42.5 Å². The van der Waals surface area contributed by atoms with Crippen LogP contribution in [0.5, 0.6) is 0 Å². The highest BCUT2D eigenvalue weighted by atomic mass is 19.1. The van der Waals surface area contributed by atoms with Gasteiger partial charge in [0.05, 0.1) is 10.5 Å². The third-order valence-corrected chi connectivity index (χ3v) is 3.08. The van der Waals surface area contributed by atoms with Crippen LogP contribution < -0.4 is 4.90 Å². The number of carbonyl (C=O) groups excluding carboxylic acids is 1. The van der Waals surface area contributed by atoms with Crippen molar-refractivity contribution in [1.82, 2.24) is 0 Å². The maximum Gasteiger partial charge on any atom is 0.280 e. The smallest absolute Gasteiger partial charge is 0.280 e. The molecule has 0 bridgehead atoms. The number of aldehydes is 1. The highest BCUT2D eigenvalue weighted by Crippen LogP contribution is 2.29. The second-order valence-corrected chi connectivity index (χ2v) is 4.34. The summed E-state index contributed by atoms with van der Waals surface area (Å²) < 4.78 is 13.3. The zero-order chi connectivity index (χ0) is 15.4. The Morgan fingerprint density at radius 1 is 1.24 bits per heavy atom. The summed E-state index contributed by atoms with van der Waals surface area (Å²) in [6.45, 7) is 2.40. The van der Waals surface area contributed by atoms with E-state index in [0.29, 0.717) is 24.2 Å². The van der Waals surface area contributed by atoms with Crippen molar-refractivity contribution in [3.05, 3.63) is 64.0 Å². The molecule has 0 saturated carbocycles. The molecule has 0 aliphatic carbocycles. The number of hydrogen-bond donors (Lipinski definition) is 0. The van der Waals surface area contributed by atoms with Gasteiger partial charge in [-0.05, 0) is 37.3 Å². The van der Waals surface area contributed by atoms with Crippen molar-refractivity contribution in [3.63, 3.8) is 0 Å². The quantitative estimate of drug-likeness (QED) is 0.478. The van der Waals surface area contributed by atoms with Crippen LogP contribution in [0.4, 0.5) is 21.5 Å². The molecular formula is C15H13FN2O3. The second kappa shape index (κ2) is 6.13. The molecule has 2 aromatic rings. The molecule has 0 N–H and O–H groups in total. The predicted octanol–water partition coefficient (Wildman–Crippen LogP) is 3.70. The van der Waals surface area contributed by atoms with Gasteiger partial charge in [0.2, 0.25) is 0 Å². The van der Waals surface area contributed by atoms with E-state index in [-0.39, 0.29) is 17.1 Å². The van der Waals surface area contributed by atoms with Crippen molar-refractivity contribution in [2.24, 2.45) is 0 Å². The summed E-state index contributed by atoms with van der Waals surface area (Å²) in [5.74, 6) is -0.372. The lowest BCUT2D eigenvalue weighted by molar-refractivity contribution is -0.385. The number of anilines is 2. The normalized spacial score (nSPS) is 10.2. The summed E-state index contributed by atoms with van der Waals surface area (Å²) in [6.07, 6.45) is 0.445. The number of nitro groups is 1. The molecular weight excluding hydrogens is 275 g/mol. The van der Waals surface area contributed by atoms with Crippen molar-refractivity contribution in [2.45, 2.75) is 6.92 Å². The molecule has 0 saturated heterocycles. The molecule has 108 valence electrons. The van der Waals surface area contributed by atoms with Gasteiger partial charge in [-0.2, -0.15) is 0 Å². The first kappa shape index (κ1) is 14.6. The molecule has 0 heterocycles. The summed E-state index contributed by atoms with van der Waals surface area (Å²) >= 11 is 0. The van der Waals surface area contributed by atoms with Crippen molar-refractivity contribution >= 4 is 23.3 Å². The first-order valence-corrected chi connectivity index (χ1v) is 6.33. The highest BCUT2D eigenvalue weighted by Gasteiger charge is 2.16. The van der Waals surface area contributed by atoms with Gasteiger partial charge in [0, 0.05) is 24.0 Å². The van der Waals surface area contributed by atoms with Gasteiger partial charge in [-0.3, -0.25) is 14.9 Å². The van der Waals surface area contributed by atoms with Crippen LogP contribution in [-0.4, -0.2) is 17.8 Å². The molecule has 0 spiro atoms. The van der Waals surface area contributed by atoms with E-state index >= 15 is 0 Å². The van der Waals surface area contributed by atoms with E-state index < -0.39 is 4.92 Å². The molecule has 0 fully saturated rings. The van der Waals surface area contributed by atoms with Gasteiger partial charge in [0.15, 0.2) is 6.29 Å². The molecule has 6 heteroatoms. The fourth-order valence-corrected chi connectivity index (χ4v) is 2.13. The lowest BCUT2D eigenvalue weighted by Crippen LogP contribution is -2.16. The van der Waals surface area contributed by atoms with E-state index in [1.165, 1.54) is 24.3 Å². The van der Waals surface area contributed by atoms with Crippen molar-refractivity contribution in [2.75, 3.05) is 11.4 Å². The zero-order valence-electron chi connectivity index (χ0n) is 11.3. The van der Waals surface area contributed by atoms with E-state index in [9.17, 15) is 19.3 Å². The molecule has 5 nitrogen and oxygen atoms in total. The summed E-state index contributed by atoms with van der Waals surface area (Å²) in [6, 6.07) is 10.3. The van der Waals surface area contributed by atoms with Crippen LogP contribution in [0.3, 0.4) is 0 Å². The number of carbonyl (C=O) groups is 1. The summed E-state index contributed by atoms with van der Waals surface area (Å²) in [5, 5.41) is 10.8. The Morgan fingerprint density at radius 3 is 2.52 bits per heavy atom. The molecule has 0 amide bonds. The van der Waals surface area contributed by atoms with Gasteiger partial charge >= 0.3 is 0 Å².